The molecule has 1 heterocycles. The normalized spacial score (nSPS) is 13.8. The molecule has 0 atom stereocenters. The predicted octanol–water partition coefficient (Wildman–Crippen LogP) is 4.22. The highest BCUT2D eigenvalue weighted by Crippen LogP contribution is 2.36. The summed E-state index contributed by atoms with van der Waals surface area (Å²) in [5.41, 5.74) is 5.07. The van der Waals surface area contributed by atoms with Crippen molar-refractivity contribution in [3.8, 4) is 11.5 Å². The number of carbonyl (C=O) groups excluding carboxylic acids is 1. The van der Waals surface area contributed by atoms with Gasteiger partial charge >= 0.3 is 0 Å². The third kappa shape index (κ3) is 4.84. The van der Waals surface area contributed by atoms with Crippen LogP contribution in [0.2, 0.25) is 0 Å². The molecule has 0 saturated carbocycles. The Labute approximate surface area is 173 Å². The highest BCUT2D eigenvalue weighted by atomic mass is 79.9. The monoisotopic (exact) mass is 445 g/mol. The van der Waals surface area contributed by atoms with E-state index in [9.17, 15) is 4.79 Å². The Balaban J connectivity index is 1.63. The van der Waals surface area contributed by atoms with Crippen molar-refractivity contribution in [1.29, 1.82) is 0 Å². The van der Waals surface area contributed by atoms with Gasteiger partial charge in [-0.05, 0) is 77.7 Å². The summed E-state index contributed by atoms with van der Waals surface area (Å²) < 4.78 is 11.7. The Morgan fingerprint density at radius 2 is 1.96 bits per heavy atom. The summed E-state index contributed by atoms with van der Waals surface area (Å²) >= 11 is 3.47. The van der Waals surface area contributed by atoms with Gasteiger partial charge in [-0.25, -0.2) is 5.43 Å². The third-order valence-corrected chi connectivity index (χ3v) is 5.11. The van der Waals surface area contributed by atoms with Gasteiger partial charge in [0.2, 0.25) is 0 Å². The fourth-order valence-electron chi connectivity index (χ4n) is 3.13. The summed E-state index contributed by atoms with van der Waals surface area (Å²) in [5.74, 6) is 0.993. The van der Waals surface area contributed by atoms with E-state index in [0.29, 0.717) is 23.7 Å². The fraction of sp³-hybridized carbons (Fsp3) is 0.333. The van der Waals surface area contributed by atoms with Crippen molar-refractivity contribution >= 4 is 33.7 Å². The van der Waals surface area contributed by atoms with Crippen LogP contribution in [0, 0.1) is 0 Å². The zero-order valence-electron chi connectivity index (χ0n) is 16.1. The molecular formula is C21H24BrN3O3. The van der Waals surface area contributed by atoms with E-state index in [1.807, 2.05) is 37.3 Å². The number of benzene rings is 2. The molecule has 3 rings (SSSR count). The van der Waals surface area contributed by atoms with E-state index in [4.69, 9.17) is 9.47 Å². The first kappa shape index (κ1) is 20.2. The zero-order valence-corrected chi connectivity index (χ0v) is 17.7. The lowest BCUT2D eigenvalue weighted by Gasteiger charge is -2.17. The second kappa shape index (κ2) is 9.59. The van der Waals surface area contributed by atoms with Gasteiger partial charge in [0.15, 0.2) is 11.5 Å². The largest absolute Gasteiger partial charge is 0.493 e. The maximum Gasteiger partial charge on any atom is 0.271 e. The molecule has 148 valence electrons. The van der Waals surface area contributed by atoms with Gasteiger partial charge in [0, 0.05) is 24.3 Å². The Morgan fingerprint density at radius 3 is 2.61 bits per heavy atom. The molecule has 0 radical (unpaired) electrons. The average molecular weight is 446 g/mol. The lowest BCUT2D eigenvalue weighted by Crippen LogP contribution is -2.19. The molecule has 1 aliphatic heterocycles. The van der Waals surface area contributed by atoms with E-state index in [1.54, 1.807) is 19.4 Å². The van der Waals surface area contributed by atoms with Gasteiger partial charge in [0.1, 0.15) is 0 Å². The van der Waals surface area contributed by atoms with Gasteiger partial charge in [-0.2, -0.15) is 5.10 Å². The van der Waals surface area contributed by atoms with Gasteiger partial charge in [0.25, 0.3) is 5.91 Å². The van der Waals surface area contributed by atoms with Crippen LogP contribution in [0.1, 0.15) is 35.7 Å². The summed E-state index contributed by atoms with van der Waals surface area (Å²) in [4.78, 5) is 14.6. The number of amides is 1. The molecule has 1 aliphatic rings. The molecular weight excluding hydrogens is 422 g/mol. The van der Waals surface area contributed by atoms with Crippen molar-refractivity contribution in [2.75, 3.05) is 31.7 Å². The number of hydrazone groups is 1. The minimum absolute atomic E-state index is 0.249. The molecule has 1 amide bonds. The van der Waals surface area contributed by atoms with Crippen LogP contribution in [0.25, 0.3) is 0 Å². The molecule has 7 heteroatoms. The smallest absolute Gasteiger partial charge is 0.271 e. The first-order chi connectivity index (χ1) is 13.6. The number of hydrogen-bond acceptors (Lipinski definition) is 5. The molecule has 2 aromatic carbocycles. The number of methoxy groups -OCH3 is 1. The molecule has 1 N–H and O–H groups in total. The molecule has 0 bridgehead atoms. The first-order valence-electron chi connectivity index (χ1n) is 9.31. The van der Waals surface area contributed by atoms with E-state index < -0.39 is 0 Å². The molecule has 2 aromatic rings. The number of nitrogens with zero attached hydrogens (tertiary/aromatic N) is 2. The maximum atomic E-state index is 12.3. The number of carbonyl (C=O) groups is 1. The minimum atomic E-state index is -0.249. The summed E-state index contributed by atoms with van der Waals surface area (Å²) in [6.07, 6.45) is 4.02. The van der Waals surface area contributed by atoms with Crippen molar-refractivity contribution < 1.29 is 14.3 Å². The van der Waals surface area contributed by atoms with Crippen molar-refractivity contribution in [2.45, 2.75) is 19.8 Å². The second-order valence-corrected chi connectivity index (χ2v) is 7.26. The molecule has 0 spiro atoms. The maximum absolute atomic E-state index is 12.3. The first-order valence-corrected chi connectivity index (χ1v) is 10.1. The lowest BCUT2D eigenvalue weighted by atomic mass is 10.2. The molecule has 0 aliphatic carbocycles. The van der Waals surface area contributed by atoms with E-state index in [1.165, 1.54) is 12.8 Å². The van der Waals surface area contributed by atoms with Crippen LogP contribution in [0.5, 0.6) is 11.5 Å². The number of nitrogens with one attached hydrogen (secondary N) is 1. The summed E-state index contributed by atoms with van der Waals surface area (Å²) in [7, 11) is 1.58. The third-order valence-electron chi connectivity index (χ3n) is 4.52. The van der Waals surface area contributed by atoms with Gasteiger partial charge < -0.3 is 14.4 Å². The summed E-state index contributed by atoms with van der Waals surface area (Å²) in [6, 6.07) is 11.3. The van der Waals surface area contributed by atoms with Crippen molar-refractivity contribution in [2.24, 2.45) is 5.10 Å². The molecule has 0 aromatic heterocycles. The highest BCUT2D eigenvalue weighted by molar-refractivity contribution is 9.10. The number of hydrogen-bond donors (Lipinski definition) is 1. The van der Waals surface area contributed by atoms with Crippen LogP contribution in [0.3, 0.4) is 0 Å². The number of rotatable bonds is 7. The predicted molar refractivity (Wildman–Crippen MR) is 115 cm³/mol. The van der Waals surface area contributed by atoms with E-state index >= 15 is 0 Å². The SMILES string of the molecule is CCOc1c(Br)cc(/C=N\NC(=O)c2ccc(N3CCCC3)cc2)cc1OC. The quantitative estimate of drug-likeness (QED) is 0.511. The van der Waals surface area contributed by atoms with Crippen LogP contribution >= 0.6 is 15.9 Å². The van der Waals surface area contributed by atoms with Gasteiger partial charge in [0.05, 0.1) is 24.4 Å². The Morgan fingerprint density at radius 1 is 1.25 bits per heavy atom. The Kier molecular flexibility index (Phi) is 6.92. The van der Waals surface area contributed by atoms with E-state index in [2.05, 4.69) is 31.4 Å². The zero-order chi connectivity index (χ0) is 19.9. The van der Waals surface area contributed by atoms with Crippen LogP contribution < -0.4 is 19.8 Å². The molecule has 6 nitrogen and oxygen atoms in total. The molecule has 1 fully saturated rings. The number of anilines is 1. The van der Waals surface area contributed by atoms with Crippen LogP contribution in [0.4, 0.5) is 5.69 Å². The Bertz CT molecular complexity index is 847. The van der Waals surface area contributed by atoms with Gasteiger partial charge in [-0.15, -0.1) is 0 Å². The number of ether oxygens (including phenoxy) is 2. The topological polar surface area (TPSA) is 63.2 Å². The second-order valence-electron chi connectivity index (χ2n) is 6.41. The molecule has 0 unspecified atom stereocenters. The highest BCUT2D eigenvalue weighted by Gasteiger charge is 2.13. The summed E-state index contributed by atoms with van der Waals surface area (Å²) in [5, 5.41) is 4.06. The Hall–Kier alpha value is -2.54. The van der Waals surface area contributed by atoms with E-state index in [0.717, 1.165) is 28.8 Å². The fourth-order valence-corrected chi connectivity index (χ4v) is 3.70. The lowest BCUT2D eigenvalue weighted by molar-refractivity contribution is 0.0955. The summed E-state index contributed by atoms with van der Waals surface area (Å²) in [6.45, 7) is 4.61. The van der Waals surface area contributed by atoms with Crippen LogP contribution in [-0.2, 0) is 0 Å². The van der Waals surface area contributed by atoms with Crippen molar-refractivity contribution in [1.82, 2.24) is 5.43 Å². The standard InChI is InChI=1S/C21H24BrN3O3/c1-3-28-20-18(22)12-15(13-19(20)27-2)14-23-24-21(26)16-6-8-17(9-7-16)25-10-4-5-11-25/h6-9,12-14H,3-5,10-11H2,1-2H3,(H,24,26)/b23-14-. The minimum Gasteiger partial charge on any atom is -0.493 e. The van der Waals surface area contributed by atoms with Crippen molar-refractivity contribution in [3.63, 3.8) is 0 Å². The van der Waals surface area contributed by atoms with Gasteiger partial charge in [-0.3, -0.25) is 4.79 Å². The number of halogens is 1. The average Bonchev–Trinajstić information content (AvgIpc) is 3.24. The van der Waals surface area contributed by atoms with Crippen LogP contribution in [0.15, 0.2) is 46.0 Å². The molecule has 1 saturated heterocycles. The van der Waals surface area contributed by atoms with Gasteiger partial charge in [-0.1, -0.05) is 0 Å². The van der Waals surface area contributed by atoms with Crippen LogP contribution in [-0.4, -0.2) is 38.9 Å². The molecule has 28 heavy (non-hydrogen) atoms. The van der Waals surface area contributed by atoms with E-state index in [-0.39, 0.29) is 5.91 Å². The van der Waals surface area contributed by atoms with Crippen molar-refractivity contribution in [3.05, 3.63) is 52.0 Å².